The van der Waals surface area contributed by atoms with Crippen molar-refractivity contribution in [2.24, 2.45) is 11.7 Å². The largest absolute Gasteiger partial charge is 0.370 e. The maximum Gasteiger partial charge on any atom is 0.0396 e. The van der Waals surface area contributed by atoms with Crippen molar-refractivity contribution in [2.45, 2.75) is 45.6 Å². The summed E-state index contributed by atoms with van der Waals surface area (Å²) in [7, 11) is 0. The van der Waals surface area contributed by atoms with Gasteiger partial charge in [0.2, 0.25) is 0 Å². The molecular weight excluding hydrogens is 220 g/mol. The highest BCUT2D eigenvalue weighted by Gasteiger charge is 2.23. The molecule has 0 amide bonds. The van der Waals surface area contributed by atoms with Gasteiger partial charge in [0.1, 0.15) is 0 Å². The molecule has 1 aliphatic carbocycles. The van der Waals surface area contributed by atoms with Gasteiger partial charge in [0.25, 0.3) is 0 Å². The van der Waals surface area contributed by atoms with Crippen molar-refractivity contribution in [1.29, 1.82) is 0 Å². The third-order valence-electron chi connectivity index (χ3n) is 4.27. The van der Waals surface area contributed by atoms with Crippen molar-refractivity contribution in [3.63, 3.8) is 0 Å². The first kappa shape index (κ1) is 13.4. The molecule has 2 N–H and O–H groups in total. The second-order valence-electron chi connectivity index (χ2n) is 5.53. The van der Waals surface area contributed by atoms with Gasteiger partial charge in [-0.15, -0.1) is 0 Å². The number of benzene rings is 1. The molecule has 2 nitrogen and oxygen atoms in total. The van der Waals surface area contributed by atoms with Crippen LogP contribution in [0.2, 0.25) is 0 Å². The van der Waals surface area contributed by atoms with Crippen LogP contribution < -0.4 is 10.6 Å². The molecule has 0 bridgehead atoms. The van der Waals surface area contributed by atoms with Crippen molar-refractivity contribution in [3.05, 3.63) is 29.8 Å². The van der Waals surface area contributed by atoms with Crippen molar-refractivity contribution in [3.8, 4) is 0 Å². The van der Waals surface area contributed by atoms with Crippen molar-refractivity contribution < 1.29 is 0 Å². The van der Waals surface area contributed by atoms with Gasteiger partial charge in [-0.3, -0.25) is 0 Å². The molecule has 100 valence electrons. The van der Waals surface area contributed by atoms with Crippen LogP contribution in [0.25, 0.3) is 0 Å². The normalized spacial score (nSPS) is 17.9. The fourth-order valence-corrected chi connectivity index (χ4v) is 3.11. The van der Waals surface area contributed by atoms with Gasteiger partial charge in [-0.25, -0.2) is 0 Å². The van der Waals surface area contributed by atoms with Crippen LogP contribution in [0, 0.1) is 12.8 Å². The van der Waals surface area contributed by atoms with E-state index in [1.807, 2.05) is 0 Å². The molecule has 1 aliphatic rings. The van der Waals surface area contributed by atoms with E-state index >= 15 is 0 Å². The van der Waals surface area contributed by atoms with Gasteiger partial charge in [0.15, 0.2) is 0 Å². The minimum absolute atomic E-state index is 0.326. The molecule has 0 radical (unpaired) electrons. The summed E-state index contributed by atoms with van der Waals surface area (Å²) < 4.78 is 0. The van der Waals surface area contributed by atoms with Crippen LogP contribution in [0.3, 0.4) is 0 Å². The highest BCUT2D eigenvalue weighted by atomic mass is 15.1. The number of anilines is 1. The zero-order chi connectivity index (χ0) is 13.0. The Kier molecular flexibility index (Phi) is 4.65. The summed E-state index contributed by atoms with van der Waals surface area (Å²) in [4.78, 5) is 2.43. The van der Waals surface area contributed by atoms with Gasteiger partial charge in [-0.05, 0) is 44.2 Å². The van der Waals surface area contributed by atoms with Crippen LogP contribution in [-0.2, 0) is 0 Å². The first-order valence-electron chi connectivity index (χ1n) is 7.28. The molecule has 2 heteroatoms. The number of hydrogen-bond donors (Lipinski definition) is 1. The quantitative estimate of drug-likeness (QED) is 0.863. The van der Waals surface area contributed by atoms with E-state index in [2.05, 4.69) is 43.0 Å². The van der Waals surface area contributed by atoms with E-state index in [4.69, 9.17) is 5.73 Å². The Balaban J connectivity index is 2.02. The Labute approximate surface area is 111 Å². The molecule has 0 saturated heterocycles. The third-order valence-corrected chi connectivity index (χ3v) is 4.27. The first-order chi connectivity index (χ1) is 8.72. The standard InChI is InChI=1S/C16H26N2/c1-3-18(16-11-7-4-8-13(16)2)12-15(17)14-9-5-6-10-14/h4,7-8,11,14-15H,3,5-6,9-10,12,17H2,1-2H3. The average Bonchev–Trinajstić information content (AvgIpc) is 2.90. The van der Waals surface area contributed by atoms with Crippen LogP contribution in [0.4, 0.5) is 5.69 Å². The van der Waals surface area contributed by atoms with E-state index in [-0.39, 0.29) is 0 Å². The molecule has 0 spiro atoms. The smallest absolute Gasteiger partial charge is 0.0396 e. The molecule has 0 aromatic heterocycles. The molecule has 1 unspecified atom stereocenters. The lowest BCUT2D eigenvalue weighted by molar-refractivity contribution is 0.429. The average molecular weight is 246 g/mol. The Morgan fingerprint density at radius 3 is 2.56 bits per heavy atom. The van der Waals surface area contributed by atoms with Gasteiger partial charge in [-0.1, -0.05) is 31.0 Å². The van der Waals surface area contributed by atoms with Crippen molar-refractivity contribution >= 4 is 5.69 Å². The number of hydrogen-bond acceptors (Lipinski definition) is 2. The molecule has 0 heterocycles. The van der Waals surface area contributed by atoms with Gasteiger partial charge in [-0.2, -0.15) is 0 Å². The molecule has 1 fully saturated rings. The molecule has 1 saturated carbocycles. The Bertz CT molecular complexity index is 369. The Hall–Kier alpha value is -1.02. The number of likely N-dealkylation sites (N-methyl/N-ethyl adjacent to an activating group) is 1. The van der Waals surface area contributed by atoms with E-state index in [1.165, 1.54) is 36.9 Å². The summed E-state index contributed by atoms with van der Waals surface area (Å²) in [5.41, 5.74) is 9.09. The van der Waals surface area contributed by atoms with Gasteiger partial charge in [0, 0.05) is 24.8 Å². The Morgan fingerprint density at radius 2 is 1.94 bits per heavy atom. The monoisotopic (exact) mass is 246 g/mol. The molecule has 18 heavy (non-hydrogen) atoms. The number of nitrogens with two attached hydrogens (primary N) is 1. The fraction of sp³-hybridized carbons (Fsp3) is 0.625. The van der Waals surface area contributed by atoms with Gasteiger partial charge < -0.3 is 10.6 Å². The van der Waals surface area contributed by atoms with Crippen molar-refractivity contribution in [1.82, 2.24) is 0 Å². The maximum atomic E-state index is 6.40. The van der Waals surface area contributed by atoms with E-state index in [1.54, 1.807) is 0 Å². The summed E-state index contributed by atoms with van der Waals surface area (Å²) in [5.74, 6) is 0.739. The summed E-state index contributed by atoms with van der Waals surface area (Å²) in [5, 5.41) is 0. The van der Waals surface area contributed by atoms with Crippen LogP contribution in [0.15, 0.2) is 24.3 Å². The predicted molar refractivity (Wildman–Crippen MR) is 79.0 cm³/mol. The van der Waals surface area contributed by atoms with Crippen LogP contribution >= 0.6 is 0 Å². The third kappa shape index (κ3) is 3.05. The lowest BCUT2D eigenvalue weighted by Crippen LogP contribution is -2.42. The highest BCUT2D eigenvalue weighted by Crippen LogP contribution is 2.28. The SMILES string of the molecule is CCN(CC(N)C1CCCC1)c1ccccc1C. The number of para-hydroxylation sites is 1. The summed E-state index contributed by atoms with van der Waals surface area (Å²) >= 11 is 0. The molecular formula is C16H26N2. The number of rotatable bonds is 5. The Morgan fingerprint density at radius 1 is 1.28 bits per heavy atom. The second-order valence-corrected chi connectivity index (χ2v) is 5.53. The lowest BCUT2D eigenvalue weighted by atomic mass is 9.98. The molecule has 0 aliphatic heterocycles. The fourth-order valence-electron chi connectivity index (χ4n) is 3.11. The van der Waals surface area contributed by atoms with E-state index < -0.39 is 0 Å². The summed E-state index contributed by atoms with van der Waals surface area (Å²) in [6, 6.07) is 8.93. The van der Waals surface area contributed by atoms with Crippen LogP contribution in [-0.4, -0.2) is 19.1 Å². The van der Waals surface area contributed by atoms with E-state index in [9.17, 15) is 0 Å². The van der Waals surface area contributed by atoms with E-state index in [0.717, 1.165) is 19.0 Å². The van der Waals surface area contributed by atoms with E-state index in [0.29, 0.717) is 6.04 Å². The molecule has 1 atom stereocenters. The lowest BCUT2D eigenvalue weighted by Gasteiger charge is -2.30. The first-order valence-corrected chi connectivity index (χ1v) is 7.28. The zero-order valence-corrected chi connectivity index (χ0v) is 11.7. The van der Waals surface area contributed by atoms with Crippen molar-refractivity contribution in [2.75, 3.05) is 18.0 Å². The summed E-state index contributed by atoms with van der Waals surface area (Å²) in [6.45, 7) is 6.42. The van der Waals surface area contributed by atoms with Gasteiger partial charge >= 0.3 is 0 Å². The molecule has 1 aromatic rings. The number of nitrogens with zero attached hydrogens (tertiary/aromatic N) is 1. The number of aryl methyl sites for hydroxylation is 1. The minimum atomic E-state index is 0.326. The second kappa shape index (κ2) is 6.24. The van der Waals surface area contributed by atoms with Crippen LogP contribution in [0.5, 0.6) is 0 Å². The van der Waals surface area contributed by atoms with Crippen LogP contribution in [0.1, 0.15) is 38.2 Å². The topological polar surface area (TPSA) is 29.3 Å². The highest BCUT2D eigenvalue weighted by molar-refractivity contribution is 5.53. The predicted octanol–water partition coefficient (Wildman–Crippen LogP) is 3.34. The summed E-state index contributed by atoms with van der Waals surface area (Å²) in [6.07, 6.45) is 5.39. The van der Waals surface area contributed by atoms with Gasteiger partial charge in [0.05, 0.1) is 0 Å². The zero-order valence-electron chi connectivity index (χ0n) is 11.7. The molecule has 1 aromatic carbocycles. The minimum Gasteiger partial charge on any atom is -0.370 e. The molecule has 2 rings (SSSR count). The maximum absolute atomic E-state index is 6.40.